The third-order valence-electron chi connectivity index (χ3n) is 15.3. The summed E-state index contributed by atoms with van der Waals surface area (Å²) in [7, 11) is 0. The van der Waals surface area contributed by atoms with E-state index in [1.54, 1.807) is 0 Å². The molecule has 1 aliphatic carbocycles. The number of fused-ring (bicyclic) bond motifs is 18. The maximum absolute atomic E-state index is 6.90. The van der Waals surface area contributed by atoms with E-state index in [0.29, 0.717) is 0 Å². The van der Waals surface area contributed by atoms with E-state index in [-0.39, 0.29) is 23.1 Å². The summed E-state index contributed by atoms with van der Waals surface area (Å²) in [5.74, 6) is 0. The van der Waals surface area contributed by atoms with E-state index in [1.807, 2.05) is 11.3 Å². The number of hydrogen-bond acceptors (Lipinski definition) is 3. The van der Waals surface area contributed by atoms with Crippen LogP contribution in [0.1, 0.15) is 77.6 Å². The predicted molar refractivity (Wildman–Crippen MR) is 275 cm³/mol. The first-order valence-corrected chi connectivity index (χ1v) is 23.7. The van der Waals surface area contributed by atoms with Crippen molar-refractivity contribution in [2.24, 2.45) is 0 Å². The molecule has 3 aromatic heterocycles. The lowest BCUT2D eigenvalue weighted by atomic mass is 9.43. The fraction of sp³-hybridized carbons (Fsp3) is 0.186. The predicted octanol–water partition coefficient (Wildman–Crippen LogP) is 15.2. The van der Waals surface area contributed by atoms with Gasteiger partial charge in [-0.3, -0.25) is 0 Å². The van der Waals surface area contributed by atoms with E-state index < -0.39 is 0 Å². The van der Waals surface area contributed by atoms with Crippen LogP contribution in [-0.4, -0.2) is 11.4 Å². The average molecular weight is 843 g/mol. The average Bonchev–Trinajstić information content (AvgIpc) is 4.00. The third kappa shape index (κ3) is 4.63. The summed E-state index contributed by atoms with van der Waals surface area (Å²) < 4.78 is 12.2. The Hall–Kier alpha value is -6.56. The van der Waals surface area contributed by atoms with Gasteiger partial charge in [-0.25, -0.2) is 0 Å². The van der Waals surface area contributed by atoms with Gasteiger partial charge in [0.25, 0.3) is 0 Å². The molecule has 0 N–H and O–H groups in total. The number of para-hydroxylation sites is 1. The van der Waals surface area contributed by atoms with Gasteiger partial charge in [-0.2, -0.15) is 0 Å². The molecule has 308 valence electrons. The van der Waals surface area contributed by atoms with Crippen molar-refractivity contribution in [3.63, 3.8) is 0 Å². The van der Waals surface area contributed by atoms with Gasteiger partial charge in [0.2, 0.25) is 0 Å². The van der Waals surface area contributed by atoms with Crippen molar-refractivity contribution in [2.45, 2.75) is 71.6 Å². The first-order valence-electron chi connectivity index (χ1n) is 22.9. The molecule has 0 amide bonds. The summed E-state index contributed by atoms with van der Waals surface area (Å²) in [5, 5.41) is 7.41. The van der Waals surface area contributed by atoms with Crippen molar-refractivity contribution in [2.75, 3.05) is 4.81 Å². The van der Waals surface area contributed by atoms with Crippen molar-refractivity contribution in [1.29, 1.82) is 0 Å². The fourth-order valence-electron chi connectivity index (χ4n) is 12.0. The maximum Gasteiger partial charge on any atom is 0.333 e. The van der Waals surface area contributed by atoms with Crippen LogP contribution in [0.4, 0.5) is 11.4 Å². The summed E-state index contributed by atoms with van der Waals surface area (Å²) >= 11 is 1.92. The summed E-state index contributed by atoms with van der Waals surface area (Å²) in [4.78, 5) is 2.70. The van der Waals surface area contributed by atoms with E-state index in [0.717, 1.165) is 21.9 Å². The Balaban J connectivity index is 1.16. The highest BCUT2D eigenvalue weighted by atomic mass is 32.1. The SMILES string of the molecule is CC(C)(C)c1ccc(N2B3c4cc5c(cc4-n4c6ccc7c8ccccc8oc7c6c6ccc(c3c64)-c3cc4sc6ccc(C(C)(C)C)cc6c4cc32)C(C)(C)c2ccccc2-5)cc1. The van der Waals surface area contributed by atoms with Crippen molar-refractivity contribution < 1.29 is 4.42 Å². The molecule has 11 aromatic rings. The molecule has 0 radical (unpaired) electrons. The van der Waals surface area contributed by atoms with Gasteiger partial charge in [-0.05, 0) is 121 Å². The number of rotatable bonds is 1. The van der Waals surface area contributed by atoms with Crippen molar-refractivity contribution in [3.05, 3.63) is 162 Å². The van der Waals surface area contributed by atoms with E-state index in [4.69, 9.17) is 4.42 Å². The van der Waals surface area contributed by atoms with Crippen LogP contribution in [0, 0.1) is 0 Å². The second-order valence-electron chi connectivity index (χ2n) is 21.3. The summed E-state index contributed by atoms with van der Waals surface area (Å²) in [6.45, 7) is 18.6. The fourth-order valence-corrected chi connectivity index (χ4v) is 13.1. The summed E-state index contributed by atoms with van der Waals surface area (Å²) in [6.07, 6.45) is 0. The zero-order valence-electron chi connectivity index (χ0n) is 37.6. The molecule has 64 heavy (non-hydrogen) atoms. The number of hydrogen-bond donors (Lipinski definition) is 0. The van der Waals surface area contributed by atoms with Crippen molar-refractivity contribution in [1.82, 2.24) is 4.57 Å². The number of aromatic nitrogens is 1. The first-order chi connectivity index (χ1) is 30.8. The Labute approximate surface area is 377 Å². The van der Waals surface area contributed by atoms with Gasteiger partial charge in [0, 0.05) is 64.4 Å². The number of furan rings is 1. The highest BCUT2D eigenvalue weighted by Crippen LogP contribution is 2.53. The molecule has 5 heterocycles. The minimum atomic E-state index is -0.156. The van der Waals surface area contributed by atoms with Gasteiger partial charge < -0.3 is 13.8 Å². The molecule has 3 aliphatic rings. The quantitative estimate of drug-likeness (QED) is 0.154. The monoisotopic (exact) mass is 842 g/mol. The van der Waals surface area contributed by atoms with Gasteiger partial charge >= 0.3 is 6.85 Å². The van der Waals surface area contributed by atoms with E-state index in [2.05, 4.69) is 204 Å². The molecule has 0 atom stereocenters. The highest BCUT2D eigenvalue weighted by Gasteiger charge is 2.46. The Morgan fingerprint density at radius 1 is 0.547 bits per heavy atom. The molecule has 0 unspecified atom stereocenters. The van der Waals surface area contributed by atoms with Gasteiger partial charge in [0.05, 0.1) is 16.4 Å². The molecule has 0 fully saturated rings. The second-order valence-corrected chi connectivity index (χ2v) is 22.4. The molecule has 3 nitrogen and oxygen atoms in total. The summed E-state index contributed by atoms with van der Waals surface area (Å²) in [6, 6.07) is 53.9. The second kappa shape index (κ2) is 12.0. The Morgan fingerprint density at radius 3 is 2.09 bits per heavy atom. The molecule has 0 bridgehead atoms. The Kier molecular flexibility index (Phi) is 6.89. The Morgan fingerprint density at radius 2 is 1.28 bits per heavy atom. The van der Waals surface area contributed by atoms with E-state index in [1.165, 1.54) is 114 Å². The number of nitrogens with zero attached hydrogens (tertiary/aromatic N) is 2. The topological polar surface area (TPSA) is 21.3 Å². The molecule has 2 aliphatic heterocycles. The molecular weight excluding hydrogens is 796 g/mol. The number of benzene rings is 8. The van der Waals surface area contributed by atoms with Crippen LogP contribution in [0.25, 0.3) is 91.9 Å². The molecule has 0 saturated carbocycles. The lowest BCUT2D eigenvalue weighted by Crippen LogP contribution is -2.60. The molecule has 14 rings (SSSR count). The summed E-state index contributed by atoms with van der Waals surface area (Å²) in [5.41, 5.74) is 21.4. The largest absolute Gasteiger partial charge is 0.455 e. The number of anilines is 2. The van der Waals surface area contributed by atoms with Crippen LogP contribution in [0.2, 0.25) is 0 Å². The molecular formula is C59H47BN2OS. The van der Waals surface area contributed by atoms with Gasteiger partial charge in [-0.15, -0.1) is 11.3 Å². The third-order valence-corrected chi connectivity index (χ3v) is 16.4. The minimum absolute atomic E-state index is 0.0325. The molecule has 0 spiro atoms. The molecule has 5 heteroatoms. The van der Waals surface area contributed by atoms with Gasteiger partial charge in [0.15, 0.2) is 0 Å². The van der Waals surface area contributed by atoms with Gasteiger partial charge in [0.1, 0.15) is 11.2 Å². The Bertz CT molecular complexity index is 3900. The lowest BCUT2D eigenvalue weighted by Gasteiger charge is -2.42. The van der Waals surface area contributed by atoms with E-state index >= 15 is 0 Å². The number of thiophene rings is 1. The first kappa shape index (κ1) is 36.9. The van der Waals surface area contributed by atoms with Crippen LogP contribution in [0.5, 0.6) is 0 Å². The molecule has 0 saturated heterocycles. The standard InChI is InChI=1S/C59H47BN2OS/c1-57(2,3)32-17-20-34(21-18-32)62-48-29-43-42-27-33(58(4,5)6)19-26-51(42)64-52(43)30-41(48)37-22-23-39-53-47(25-24-38-36-14-10-12-16-50(36)63-56(38)53)61-49-31-45-40(28-46(49)60(62)54(37)55(39)61)35-13-9-11-15-44(35)59(45,7)8/h9-31H,1-8H3. The smallest absolute Gasteiger partial charge is 0.333 e. The van der Waals surface area contributed by atoms with Crippen LogP contribution in [0.3, 0.4) is 0 Å². The van der Waals surface area contributed by atoms with Crippen LogP contribution >= 0.6 is 11.3 Å². The van der Waals surface area contributed by atoms with Crippen molar-refractivity contribution in [3.8, 4) is 27.9 Å². The van der Waals surface area contributed by atoms with Crippen LogP contribution < -0.4 is 15.7 Å². The zero-order chi connectivity index (χ0) is 43.3. The van der Waals surface area contributed by atoms with Crippen LogP contribution in [-0.2, 0) is 16.2 Å². The minimum Gasteiger partial charge on any atom is -0.455 e. The van der Waals surface area contributed by atoms with E-state index in [9.17, 15) is 0 Å². The van der Waals surface area contributed by atoms with Crippen molar-refractivity contribution >= 4 is 104 Å². The lowest BCUT2D eigenvalue weighted by molar-refractivity contribution is 0.590. The molecule has 8 aromatic carbocycles. The van der Waals surface area contributed by atoms with Gasteiger partial charge in [-0.1, -0.05) is 134 Å². The van der Waals surface area contributed by atoms with Crippen LogP contribution in [0.15, 0.2) is 144 Å². The highest BCUT2D eigenvalue weighted by molar-refractivity contribution is 7.25. The maximum atomic E-state index is 6.90. The zero-order valence-corrected chi connectivity index (χ0v) is 38.4. The normalized spacial score (nSPS) is 14.9.